The van der Waals surface area contributed by atoms with Crippen LogP contribution in [-0.4, -0.2) is 38.4 Å². The van der Waals surface area contributed by atoms with Gasteiger partial charge in [-0.3, -0.25) is 0 Å². The molecule has 0 aliphatic heterocycles. The smallest absolute Gasteiger partial charge is 0.408 e. The lowest BCUT2D eigenvalue weighted by atomic mass is 9.96. The lowest BCUT2D eigenvalue weighted by Gasteiger charge is -2.22. The van der Waals surface area contributed by atoms with Gasteiger partial charge in [-0.1, -0.05) is 62.1 Å². The van der Waals surface area contributed by atoms with E-state index in [-0.39, 0.29) is 13.0 Å². The number of hydrogen-bond acceptors (Lipinski definition) is 5. The molecule has 0 spiro atoms. The van der Waals surface area contributed by atoms with E-state index in [0.29, 0.717) is 11.4 Å². The van der Waals surface area contributed by atoms with Crippen LogP contribution in [0.15, 0.2) is 42.5 Å². The molecule has 4 N–H and O–H groups in total. The summed E-state index contributed by atoms with van der Waals surface area (Å²) in [4.78, 5) is 24.0. The zero-order valence-electron chi connectivity index (χ0n) is 18.6. The third-order valence-corrected chi connectivity index (χ3v) is 6.74. The van der Waals surface area contributed by atoms with Gasteiger partial charge in [0.1, 0.15) is 18.4 Å². The second-order valence-electron chi connectivity index (χ2n) is 8.68. The molecule has 0 fully saturated rings. The number of amides is 1. The van der Waals surface area contributed by atoms with Crippen molar-refractivity contribution in [1.29, 1.82) is 0 Å². The number of nitrogens with two attached hydrogens (primary N) is 1. The molecule has 0 unspecified atom stereocenters. The Morgan fingerprint density at radius 3 is 2.39 bits per heavy atom. The first kappa shape index (κ1) is 24.3. The summed E-state index contributed by atoms with van der Waals surface area (Å²) in [6.45, 7) is 6.88. The summed E-state index contributed by atoms with van der Waals surface area (Å²) >= 11 is 0. The van der Waals surface area contributed by atoms with Crippen LogP contribution < -0.4 is 15.8 Å². The molecule has 0 saturated heterocycles. The number of rotatable bonds is 10. The van der Waals surface area contributed by atoms with E-state index in [1.54, 1.807) is 13.2 Å². The first-order chi connectivity index (χ1) is 14.6. The van der Waals surface area contributed by atoms with E-state index in [2.05, 4.69) is 25.0 Å². The average Bonchev–Trinajstić information content (AvgIpc) is 2.71. The summed E-state index contributed by atoms with van der Waals surface area (Å²) in [7, 11) is 0.207. The van der Waals surface area contributed by atoms with Gasteiger partial charge in [0.25, 0.3) is 0 Å². The van der Waals surface area contributed by atoms with Gasteiger partial charge in [0.05, 0.1) is 12.8 Å². The van der Waals surface area contributed by atoms with Crippen LogP contribution in [0.3, 0.4) is 0 Å². The molecule has 0 bridgehead atoms. The molecular formula is C23H32N2O5Si. The summed E-state index contributed by atoms with van der Waals surface area (Å²) in [5, 5.41) is 12.1. The highest BCUT2D eigenvalue weighted by molar-refractivity contribution is 6.76. The average molecular weight is 445 g/mol. The summed E-state index contributed by atoms with van der Waals surface area (Å²) in [5.41, 5.74) is 9.33. The maximum Gasteiger partial charge on any atom is 0.408 e. The molecule has 2 rings (SSSR count). The van der Waals surface area contributed by atoms with Crippen LogP contribution in [0.5, 0.6) is 5.75 Å². The molecule has 31 heavy (non-hydrogen) atoms. The van der Waals surface area contributed by atoms with Crippen molar-refractivity contribution < 1.29 is 24.2 Å². The van der Waals surface area contributed by atoms with E-state index >= 15 is 0 Å². The Morgan fingerprint density at radius 1 is 1.13 bits per heavy atom. The maximum absolute atomic E-state index is 12.2. The van der Waals surface area contributed by atoms with E-state index in [1.807, 2.05) is 36.4 Å². The van der Waals surface area contributed by atoms with Gasteiger partial charge in [0.2, 0.25) is 0 Å². The molecule has 2 aromatic rings. The van der Waals surface area contributed by atoms with E-state index in [9.17, 15) is 14.7 Å². The summed E-state index contributed by atoms with van der Waals surface area (Å²) < 4.78 is 10.5. The fourth-order valence-electron chi connectivity index (χ4n) is 3.18. The van der Waals surface area contributed by atoms with Crippen LogP contribution in [-0.2, 0) is 29.0 Å². The number of carboxylic acid groups (broad SMARTS) is 1. The molecule has 1 atom stereocenters. The van der Waals surface area contributed by atoms with Gasteiger partial charge in [0.15, 0.2) is 0 Å². The number of hydrogen-bond donors (Lipinski definition) is 3. The highest BCUT2D eigenvalue weighted by Crippen LogP contribution is 2.31. The molecule has 168 valence electrons. The second kappa shape index (κ2) is 10.9. The molecule has 0 aliphatic rings. The number of nitrogens with one attached hydrogen (secondary N) is 1. The van der Waals surface area contributed by atoms with Gasteiger partial charge < -0.3 is 25.6 Å². The van der Waals surface area contributed by atoms with Gasteiger partial charge >= 0.3 is 12.1 Å². The lowest BCUT2D eigenvalue weighted by molar-refractivity contribution is -0.139. The fourth-order valence-corrected chi connectivity index (χ4v) is 4.18. The first-order valence-electron chi connectivity index (χ1n) is 10.2. The monoisotopic (exact) mass is 444 g/mol. The van der Waals surface area contributed by atoms with Crippen molar-refractivity contribution in [2.45, 2.75) is 51.2 Å². The highest BCUT2D eigenvalue weighted by atomic mass is 28.3. The van der Waals surface area contributed by atoms with Crippen LogP contribution >= 0.6 is 0 Å². The Morgan fingerprint density at radius 2 is 1.81 bits per heavy atom. The van der Waals surface area contributed by atoms with Gasteiger partial charge in [-0.2, -0.15) is 0 Å². The van der Waals surface area contributed by atoms with Gasteiger partial charge in [-0.05, 0) is 29.2 Å². The topological polar surface area (TPSA) is 111 Å². The zero-order valence-corrected chi connectivity index (χ0v) is 19.6. The molecule has 0 aromatic heterocycles. The number of nitrogen functional groups attached to an aromatic ring is 1. The number of alkyl carbamates (subject to hydrolysis) is 1. The van der Waals surface area contributed by atoms with Crippen LogP contribution in [0.2, 0.25) is 25.7 Å². The summed E-state index contributed by atoms with van der Waals surface area (Å²) in [5.74, 6) is -0.571. The number of aliphatic carboxylic acids is 1. The molecule has 1 amide bonds. The summed E-state index contributed by atoms with van der Waals surface area (Å²) in [6.07, 6.45) is 0.0607. The zero-order chi connectivity index (χ0) is 23.0. The highest BCUT2D eigenvalue weighted by Gasteiger charge is 2.24. The number of benzene rings is 2. The van der Waals surface area contributed by atoms with Crippen LogP contribution in [0.25, 0.3) is 0 Å². The number of ether oxygens (including phenoxy) is 2. The van der Waals surface area contributed by atoms with Crippen LogP contribution in [0.1, 0.15) is 16.7 Å². The Kier molecular flexibility index (Phi) is 8.50. The van der Waals surface area contributed by atoms with E-state index < -0.39 is 26.2 Å². The Hall–Kier alpha value is -3.00. The van der Waals surface area contributed by atoms with Crippen LogP contribution in [0, 0.1) is 0 Å². The first-order valence-corrected chi connectivity index (χ1v) is 14.0. The number of methoxy groups -OCH3 is 1. The Balaban J connectivity index is 2.14. The minimum absolute atomic E-state index is 0.0654. The molecule has 0 aliphatic carbocycles. The van der Waals surface area contributed by atoms with Crippen molar-refractivity contribution in [1.82, 2.24) is 5.32 Å². The van der Waals surface area contributed by atoms with Crippen molar-refractivity contribution in [2.24, 2.45) is 0 Å². The lowest BCUT2D eigenvalue weighted by Crippen LogP contribution is -2.42. The number of carbonyl (C=O) groups is 2. The van der Waals surface area contributed by atoms with Crippen LogP contribution in [0.4, 0.5) is 10.5 Å². The second-order valence-corrected chi connectivity index (χ2v) is 14.3. The summed E-state index contributed by atoms with van der Waals surface area (Å²) in [6, 6.07) is 12.6. The van der Waals surface area contributed by atoms with E-state index in [4.69, 9.17) is 15.2 Å². The molecule has 7 nitrogen and oxygen atoms in total. The number of carboxylic acids is 1. The Labute approximate surface area is 184 Å². The minimum Gasteiger partial charge on any atom is -0.495 e. The van der Waals surface area contributed by atoms with Gasteiger partial charge in [0, 0.05) is 14.5 Å². The van der Waals surface area contributed by atoms with Crippen molar-refractivity contribution in [2.75, 3.05) is 12.8 Å². The third-order valence-electron chi connectivity index (χ3n) is 4.99. The molecule has 0 heterocycles. The normalized spacial score (nSPS) is 12.1. The minimum atomic E-state index is -1.35. The fraction of sp³-hybridized carbons (Fsp3) is 0.391. The molecule has 0 radical (unpaired) electrons. The standard InChI is InChI=1S/C23H32N2O5Si/c1-29-20-11-10-17(18(21(20)24)12-13-31(2,3)4)14-19(22(26)27)25-23(28)30-15-16-8-6-5-7-9-16/h5-11,19H,12-15,24H2,1-4H3,(H,25,28)(H,26,27)/t19-/m1/s1. The van der Waals surface area contributed by atoms with E-state index in [1.165, 1.54) is 0 Å². The predicted molar refractivity (Wildman–Crippen MR) is 124 cm³/mol. The molecule has 8 heteroatoms. The van der Waals surface area contributed by atoms with E-state index in [0.717, 1.165) is 29.2 Å². The SMILES string of the molecule is COc1ccc(C[C@@H](NC(=O)OCc2ccccc2)C(=O)O)c(CC[Si](C)(C)C)c1N. The predicted octanol–water partition coefficient (Wildman–Crippen LogP) is 4.08. The number of anilines is 1. The molecule has 0 saturated carbocycles. The largest absolute Gasteiger partial charge is 0.495 e. The van der Waals surface area contributed by atoms with Crippen molar-refractivity contribution in [3.05, 3.63) is 59.2 Å². The number of carbonyl (C=O) groups excluding carboxylic acids is 1. The van der Waals surface area contributed by atoms with Gasteiger partial charge in [-0.25, -0.2) is 9.59 Å². The quantitative estimate of drug-likeness (QED) is 0.376. The maximum atomic E-state index is 12.2. The van der Waals surface area contributed by atoms with Crippen molar-refractivity contribution >= 4 is 25.8 Å². The van der Waals surface area contributed by atoms with Gasteiger partial charge in [-0.15, -0.1) is 0 Å². The third kappa shape index (κ3) is 7.64. The van der Waals surface area contributed by atoms with Crippen molar-refractivity contribution in [3.8, 4) is 5.75 Å². The Bertz CT molecular complexity index is 897. The molecular weight excluding hydrogens is 412 g/mol. The molecule has 2 aromatic carbocycles. The van der Waals surface area contributed by atoms with Crippen molar-refractivity contribution in [3.63, 3.8) is 0 Å².